The zero-order valence-electron chi connectivity index (χ0n) is 10.3. The number of anilines is 2. The molecule has 1 aliphatic rings. The Hall–Kier alpha value is -1.43. The zero-order chi connectivity index (χ0) is 13.2. The minimum atomic E-state index is -3.35. The van der Waals surface area contributed by atoms with Crippen LogP contribution in [-0.4, -0.2) is 20.8 Å². The van der Waals surface area contributed by atoms with E-state index in [1.54, 1.807) is 18.2 Å². The molecule has 1 aromatic rings. The fourth-order valence-corrected chi connectivity index (χ4v) is 3.79. The molecule has 0 atom stereocenters. The monoisotopic (exact) mass is 270 g/mol. The molecule has 0 spiro atoms. The lowest BCUT2D eigenvalue weighted by Crippen LogP contribution is -2.25. The fourth-order valence-electron chi connectivity index (χ4n) is 2.19. The van der Waals surface area contributed by atoms with Crippen molar-refractivity contribution in [3.05, 3.63) is 18.2 Å². The minimum Gasteiger partial charge on any atom is -0.497 e. The average Bonchev–Trinajstić information content (AvgIpc) is 2.86. The smallest absolute Gasteiger partial charge is 0.235 e. The molecular formula is C12H18N2O3S. The van der Waals surface area contributed by atoms with E-state index in [0.29, 0.717) is 17.1 Å². The molecule has 0 saturated heterocycles. The third-order valence-electron chi connectivity index (χ3n) is 3.25. The Morgan fingerprint density at radius 3 is 2.61 bits per heavy atom. The zero-order valence-corrected chi connectivity index (χ0v) is 11.2. The molecule has 1 aromatic carbocycles. The van der Waals surface area contributed by atoms with Gasteiger partial charge in [0.1, 0.15) is 5.75 Å². The topological polar surface area (TPSA) is 81.4 Å². The highest BCUT2D eigenvalue weighted by atomic mass is 32.2. The van der Waals surface area contributed by atoms with Crippen LogP contribution >= 0.6 is 0 Å². The van der Waals surface area contributed by atoms with Gasteiger partial charge in [0.25, 0.3) is 0 Å². The number of hydrogen-bond donors (Lipinski definition) is 2. The molecule has 100 valence electrons. The minimum absolute atomic E-state index is 0.303. The van der Waals surface area contributed by atoms with Crippen LogP contribution in [0.25, 0.3) is 0 Å². The summed E-state index contributed by atoms with van der Waals surface area (Å²) in [5, 5.41) is -0.303. The first-order chi connectivity index (χ1) is 8.53. The average molecular weight is 270 g/mol. The van der Waals surface area contributed by atoms with Crippen molar-refractivity contribution < 1.29 is 13.2 Å². The van der Waals surface area contributed by atoms with Gasteiger partial charge in [0.15, 0.2) is 0 Å². The molecule has 1 aliphatic carbocycles. The Morgan fingerprint density at radius 2 is 2.00 bits per heavy atom. The first kappa shape index (κ1) is 13.0. The van der Waals surface area contributed by atoms with Gasteiger partial charge in [0.2, 0.25) is 10.0 Å². The number of nitrogen functional groups attached to an aromatic ring is 1. The van der Waals surface area contributed by atoms with Crippen LogP contribution < -0.4 is 15.2 Å². The molecule has 1 saturated carbocycles. The second kappa shape index (κ2) is 5.06. The first-order valence-corrected chi connectivity index (χ1v) is 7.53. The predicted molar refractivity (Wildman–Crippen MR) is 72.2 cm³/mol. The highest BCUT2D eigenvalue weighted by Crippen LogP contribution is 2.30. The van der Waals surface area contributed by atoms with Crippen LogP contribution in [0.5, 0.6) is 5.75 Å². The molecule has 3 N–H and O–H groups in total. The predicted octanol–water partition coefficient (Wildman–Crippen LogP) is 1.96. The van der Waals surface area contributed by atoms with E-state index in [1.807, 2.05) is 0 Å². The summed E-state index contributed by atoms with van der Waals surface area (Å²) >= 11 is 0. The molecule has 0 heterocycles. The van der Waals surface area contributed by atoms with E-state index in [0.717, 1.165) is 25.7 Å². The molecule has 0 radical (unpaired) electrons. The summed E-state index contributed by atoms with van der Waals surface area (Å²) in [6, 6.07) is 4.93. The number of nitrogens with two attached hydrogens (primary N) is 1. The third kappa shape index (κ3) is 2.69. The highest BCUT2D eigenvalue weighted by Gasteiger charge is 2.29. The van der Waals surface area contributed by atoms with Crippen LogP contribution in [0.2, 0.25) is 0 Å². The summed E-state index contributed by atoms with van der Waals surface area (Å²) < 4.78 is 31.9. The number of ether oxygens (including phenoxy) is 1. The Morgan fingerprint density at radius 1 is 1.33 bits per heavy atom. The summed E-state index contributed by atoms with van der Waals surface area (Å²) in [5.74, 6) is 0.577. The Labute approximate surface area is 107 Å². The number of nitrogens with one attached hydrogen (secondary N) is 1. The molecule has 0 bridgehead atoms. The molecule has 0 aromatic heterocycles. The second-order valence-corrected chi connectivity index (χ2v) is 6.47. The van der Waals surface area contributed by atoms with Gasteiger partial charge in [0, 0.05) is 6.07 Å². The summed E-state index contributed by atoms with van der Waals surface area (Å²) in [6.07, 6.45) is 3.39. The van der Waals surface area contributed by atoms with Gasteiger partial charge in [-0.1, -0.05) is 12.8 Å². The van der Waals surface area contributed by atoms with Gasteiger partial charge in [-0.05, 0) is 25.0 Å². The molecule has 0 aliphatic heterocycles. The second-order valence-electron chi connectivity index (χ2n) is 4.51. The van der Waals surface area contributed by atoms with Crippen LogP contribution in [0, 0.1) is 0 Å². The van der Waals surface area contributed by atoms with Gasteiger partial charge in [-0.15, -0.1) is 0 Å². The Kier molecular flexibility index (Phi) is 3.65. The number of methoxy groups -OCH3 is 1. The number of sulfonamides is 1. The van der Waals surface area contributed by atoms with Crippen molar-refractivity contribution in [3.8, 4) is 5.75 Å². The van der Waals surface area contributed by atoms with Crippen LogP contribution in [-0.2, 0) is 10.0 Å². The molecular weight excluding hydrogens is 252 g/mol. The van der Waals surface area contributed by atoms with E-state index in [-0.39, 0.29) is 5.25 Å². The van der Waals surface area contributed by atoms with E-state index >= 15 is 0 Å². The number of benzene rings is 1. The lowest BCUT2D eigenvalue weighted by Gasteiger charge is -2.15. The molecule has 6 heteroatoms. The van der Waals surface area contributed by atoms with E-state index in [2.05, 4.69) is 4.72 Å². The van der Waals surface area contributed by atoms with Crippen LogP contribution in [0.1, 0.15) is 25.7 Å². The summed E-state index contributed by atoms with van der Waals surface area (Å²) in [5.41, 5.74) is 6.56. The van der Waals surface area contributed by atoms with E-state index < -0.39 is 10.0 Å². The molecule has 2 rings (SSSR count). The van der Waals surface area contributed by atoms with Gasteiger partial charge < -0.3 is 10.5 Å². The van der Waals surface area contributed by atoms with E-state index in [1.165, 1.54) is 7.11 Å². The van der Waals surface area contributed by atoms with Crippen molar-refractivity contribution >= 4 is 21.4 Å². The maximum Gasteiger partial charge on any atom is 0.235 e. The van der Waals surface area contributed by atoms with Crippen molar-refractivity contribution in [2.45, 2.75) is 30.9 Å². The largest absolute Gasteiger partial charge is 0.497 e. The van der Waals surface area contributed by atoms with Gasteiger partial charge in [-0.3, -0.25) is 4.72 Å². The summed E-state index contributed by atoms with van der Waals surface area (Å²) in [4.78, 5) is 0. The van der Waals surface area contributed by atoms with Crippen LogP contribution in [0.4, 0.5) is 11.4 Å². The normalized spacial score (nSPS) is 16.7. The summed E-state index contributed by atoms with van der Waals surface area (Å²) in [6.45, 7) is 0. The fraction of sp³-hybridized carbons (Fsp3) is 0.500. The van der Waals surface area contributed by atoms with Gasteiger partial charge in [-0.2, -0.15) is 0 Å². The maximum absolute atomic E-state index is 12.1. The van der Waals surface area contributed by atoms with Gasteiger partial charge in [0.05, 0.1) is 23.7 Å². The standard InChI is InChI=1S/C12H18N2O3S/c1-17-9-6-7-11(13)12(8-9)14-18(15,16)10-4-2-3-5-10/h6-8,10,14H,2-5,13H2,1H3. The van der Waals surface area contributed by atoms with Crippen molar-refractivity contribution in [2.24, 2.45) is 0 Å². The quantitative estimate of drug-likeness (QED) is 0.819. The van der Waals surface area contributed by atoms with Gasteiger partial charge >= 0.3 is 0 Å². The number of hydrogen-bond acceptors (Lipinski definition) is 4. The van der Waals surface area contributed by atoms with Crippen LogP contribution in [0.3, 0.4) is 0 Å². The van der Waals surface area contributed by atoms with Gasteiger partial charge in [-0.25, -0.2) is 8.42 Å². The van der Waals surface area contributed by atoms with Crippen molar-refractivity contribution in [1.82, 2.24) is 0 Å². The van der Waals surface area contributed by atoms with Crippen molar-refractivity contribution in [3.63, 3.8) is 0 Å². The van der Waals surface area contributed by atoms with Crippen molar-refractivity contribution in [1.29, 1.82) is 0 Å². The molecule has 1 fully saturated rings. The third-order valence-corrected chi connectivity index (χ3v) is 5.11. The summed E-state index contributed by atoms with van der Waals surface area (Å²) in [7, 11) is -1.82. The lowest BCUT2D eigenvalue weighted by molar-refractivity contribution is 0.415. The Bertz CT molecular complexity index is 522. The number of rotatable bonds is 4. The molecule has 18 heavy (non-hydrogen) atoms. The maximum atomic E-state index is 12.1. The first-order valence-electron chi connectivity index (χ1n) is 5.98. The van der Waals surface area contributed by atoms with Crippen molar-refractivity contribution in [2.75, 3.05) is 17.6 Å². The van der Waals surface area contributed by atoms with E-state index in [9.17, 15) is 8.42 Å². The lowest BCUT2D eigenvalue weighted by atomic mass is 10.2. The molecule has 0 unspecified atom stereocenters. The SMILES string of the molecule is COc1ccc(N)c(NS(=O)(=O)C2CCCC2)c1. The van der Waals surface area contributed by atoms with E-state index in [4.69, 9.17) is 10.5 Å². The molecule has 5 nitrogen and oxygen atoms in total. The highest BCUT2D eigenvalue weighted by molar-refractivity contribution is 7.93. The Balaban J connectivity index is 2.22. The molecule has 0 amide bonds. The van der Waals surface area contributed by atoms with Crippen LogP contribution in [0.15, 0.2) is 18.2 Å².